The molecule has 1 aromatic carbocycles. The molecule has 0 fully saturated rings. The molecule has 0 aliphatic heterocycles. The van der Waals surface area contributed by atoms with Gasteiger partial charge in [-0.3, -0.25) is 9.59 Å². The summed E-state index contributed by atoms with van der Waals surface area (Å²) in [6, 6.07) is 10.1. The molecule has 0 aliphatic carbocycles. The second-order valence-corrected chi connectivity index (χ2v) is 10.8. The van der Waals surface area contributed by atoms with Crippen molar-refractivity contribution in [2.45, 2.75) is 33.4 Å². The second kappa shape index (κ2) is 11.4. The summed E-state index contributed by atoms with van der Waals surface area (Å²) in [6.45, 7) is 7.85. The lowest BCUT2D eigenvalue weighted by Gasteiger charge is -2.19. The first-order valence-corrected chi connectivity index (χ1v) is 12.1. The minimum absolute atomic E-state index is 0.0116. The third-order valence-electron chi connectivity index (χ3n) is 3.92. The Bertz CT molecular complexity index is 695. The molecule has 0 bridgehead atoms. The van der Waals surface area contributed by atoms with Crippen molar-refractivity contribution in [2.24, 2.45) is 5.92 Å². The Labute approximate surface area is 162 Å². The van der Waals surface area contributed by atoms with Gasteiger partial charge >= 0.3 is 11.9 Å². The van der Waals surface area contributed by atoms with Gasteiger partial charge in [0.15, 0.2) is 5.92 Å². The Morgan fingerprint density at radius 1 is 1.11 bits per heavy atom. The molecule has 0 aromatic heterocycles. The maximum atomic E-state index is 12.0. The number of carbonyl (C=O) groups is 2. The maximum Gasteiger partial charge on any atom is 0.321 e. The number of aliphatic hydroxyl groups excluding tert-OH is 1. The van der Waals surface area contributed by atoms with Crippen molar-refractivity contribution < 1.29 is 24.2 Å². The molecule has 0 atom stereocenters. The van der Waals surface area contributed by atoms with Gasteiger partial charge in [0, 0.05) is 12.0 Å². The molecule has 0 heterocycles. The van der Waals surface area contributed by atoms with Gasteiger partial charge in [0.2, 0.25) is 0 Å². The first kappa shape index (κ1) is 22.7. The van der Waals surface area contributed by atoms with Crippen molar-refractivity contribution in [3.8, 4) is 11.8 Å². The van der Waals surface area contributed by atoms with E-state index in [0.29, 0.717) is 5.57 Å². The fraction of sp³-hybridized carbons (Fsp3) is 0.429. The van der Waals surface area contributed by atoms with Gasteiger partial charge in [0.05, 0.1) is 19.8 Å². The van der Waals surface area contributed by atoms with Crippen LogP contribution in [-0.2, 0) is 19.1 Å². The van der Waals surface area contributed by atoms with Crippen LogP contribution in [0.4, 0.5) is 0 Å². The number of hydrogen-bond acceptors (Lipinski definition) is 5. The Morgan fingerprint density at radius 3 is 2.15 bits per heavy atom. The average molecular weight is 389 g/mol. The van der Waals surface area contributed by atoms with Crippen molar-refractivity contribution in [1.29, 1.82) is 0 Å². The summed E-state index contributed by atoms with van der Waals surface area (Å²) in [5, 5.41) is 10.9. The highest BCUT2D eigenvalue weighted by atomic mass is 28.3. The summed E-state index contributed by atoms with van der Waals surface area (Å²) in [5.41, 5.74) is 2.61. The molecular weight excluding hydrogens is 360 g/mol. The molecule has 146 valence electrons. The summed E-state index contributed by atoms with van der Waals surface area (Å²) in [7, 11) is -1.92. The second-order valence-electron chi connectivity index (χ2n) is 6.48. The van der Waals surface area contributed by atoms with E-state index in [1.54, 1.807) is 13.8 Å². The van der Waals surface area contributed by atoms with Crippen LogP contribution in [0.15, 0.2) is 41.6 Å². The smallest absolute Gasteiger partial charge is 0.321 e. The van der Waals surface area contributed by atoms with Crippen LogP contribution in [0.5, 0.6) is 0 Å². The molecule has 0 saturated heterocycles. The molecule has 6 heteroatoms. The summed E-state index contributed by atoms with van der Waals surface area (Å²) in [6.07, 6.45) is -0.0116. The number of ether oxygens (including phenoxy) is 2. The van der Waals surface area contributed by atoms with E-state index in [-0.39, 0.29) is 26.2 Å². The minimum Gasteiger partial charge on any atom is -0.465 e. The molecule has 0 amide bonds. The lowest BCUT2D eigenvalue weighted by atomic mass is 10.1. The number of esters is 2. The van der Waals surface area contributed by atoms with Gasteiger partial charge < -0.3 is 14.6 Å². The van der Waals surface area contributed by atoms with E-state index in [9.17, 15) is 14.7 Å². The van der Waals surface area contributed by atoms with Crippen molar-refractivity contribution >= 4 is 25.2 Å². The normalized spacial score (nSPS) is 11.6. The van der Waals surface area contributed by atoms with Gasteiger partial charge in [-0.2, -0.15) is 0 Å². The molecule has 0 spiro atoms. The molecule has 0 radical (unpaired) electrons. The monoisotopic (exact) mass is 388 g/mol. The predicted molar refractivity (Wildman–Crippen MR) is 108 cm³/mol. The maximum absolute atomic E-state index is 12.0. The zero-order chi connectivity index (χ0) is 20.3. The van der Waals surface area contributed by atoms with E-state index >= 15 is 0 Å². The van der Waals surface area contributed by atoms with Crippen molar-refractivity contribution in [1.82, 2.24) is 0 Å². The van der Waals surface area contributed by atoms with E-state index in [0.717, 1.165) is 0 Å². The van der Waals surface area contributed by atoms with Crippen LogP contribution in [0, 0.1) is 17.8 Å². The SMILES string of the molecule is CCOC(=O)C(CC#C/C(=C\[Si](C)(C)c1ccccc1)CO)C(=O)OCC. The highest BCUT2D eigenvalue weighted by Gasteiger charge is 2.28. The van der Waals surface area contributed by atoms with E-state index in [2.05, 4.69) is 37.1 Å². The molecule has 5 nitrogen and oxygen atoms in total. The molecule has 1 aromatic rings. The number of carbonyl (C=O) groups excluding carboxylic acids is 2. The number of aliphatic hydroxyl groups is 1. The lowest BCUT2D eigenvalue weighted by Crippen LogP contribution is -2.39. The fourth-order valence-electron chi connectivity index (χ4n) is 2.52. The van der Waals surface area contributed by atoms with Crippen molar-refractivity contribution in [3.05, 3.63) is 41.6 Å². The first-order valence-electron chi connectivity index (χ1n) is 9.06. The summed E-state index contributed by atoms with van der Waals surface area (Å²) in [4.78, 5) is 23.9. The van der Waals surface area contributed by atoms with Gasteiger partial charge in [0.25, 0.3) is 0 Å². The minimum atomic E-state index is -1.92. The third-order valence-corrected chi connectivity index (χ3v) is 6.81. The zero-order valence-corrected chi connectivity index (χ0v) is 17.5. The van der Waals surface area contributed by atoms with E-state index in [1.807, 2.05) is 23.9 Å². The lowest BCUT2D eigenvalue weighted by molar-refractivity contribution is -0.161. The van der Waals surface area contributed by atoms with Gasteiger partial charge in [0.1, 0.15) is 8.07 Å². The fourth-order valence-corrected chi connectivity index (χ4v) is 4.78. The van der Waals surface area contributed by atoms with Gasteiger partial charge in [-0.05, 0) is 13.8 Å². The van der Waals surface area contributed by atoms with Crippen LogP contribution in [-0.4, -0.2) is 44.9 Å². The molecule has 0 saturated carbocycles. The van der Waals surface area contributed by atoms with E-state index in [1.165, 1.54) is 5.19 Å². The molecule has 27 heavy (non-hydrogen) atoms. The van der Waals surface area contributed by atoms with Gasteiger partial charge in [-0.25, -0.2) is 0 Å². The number of hydrogen-bond donors (Lipinski definition) is 1. The summed E-state index contributed by atoms with van der Waals surface area (Å²) < 4.78 is 9.86. The van der Waals surface area contributed by atoms with Crippen LogP contribution >= 0.6 is 0 Å². The Kier molecular flexibility index (Phi) is 9.55. The average Bonchev–Trinajstić information content (AvgIpc) is 2.65. The quantitative estimate of drug-likeness (QED) is 0.320. The molecule has 1 N–H and O–H groups in total. The zero-order valence-electron chi connectivity index (χ0n) is 16.5. The highest BCUT2D eigenvalue weighted by Crippen LogP contribution is 2.11. The van der Waals surface area contributed by atoms with Crippen molar-refractivity contribution in [3.63, 3.8) is 0 Å². The van der Waals surface area contributed by atoms with Crippen LogP contribution in [0.25, 0.3) is 0 Å². The number of rotatable bonds is 8. The van der Waals surface area contributed by atoms with Crippen molar-refractivity contribution in [2.75, 3.05) is 19.8 Å². The standard InChI is InChI=1S/C21H28O5Si/c1-5-25-20(23)19(21(24)26-6-2)14-10-11-17(15-22)16-27(3,4)18-12-8-7-9-13-18/h7-9,12-13,16,19,22H,5-6,14-15H2,1-4H3/b17-16+. The molecule has 0 aliphatic rings. The molecule has 0 unspecified atom stereocenters. The highest BCUT2D eigenvalue weighted by molar-refractivity contribution is 6.94. The van der Waals surface area contributed by atoms with E-state index in [4.69, 9.17) is 9.47 Å². The van der Waals surface area contributed by atoms with Crippen LogP contribution in [0.3, 0.4) is 0 Å². The third kappa shape index (κ3) is 7.41. The van der Waals surface area contributed by atoms with Crippen LogP contribution < -0.4 is 5.19 Å². The molecular formula is C21H28O5Si. The summed E-state index contributed by atoms with van der Waals surface area (Å²) >= 11 is 0. The summed E-state index contributed by atoms with van der Waals surface area (Å²) in [5.74, 6) is 3.38. The molecule has 1 rings (SSSR count). The van der Waals surface area contributed by atoms with Crippen LogP contribution in [0.2, 0.25) is 13.1 Å². The van der Waals surface area contributed by atoms with Crippen LogP contribution in [0.1, 0.15) is 20.3 Å². The largest absolute Gasteiger partial charge is 0.465 e. The van der Waals surface area contributed by atoms with Gasteiger partial charge in [-0.1, -0.05) is 66.2 Å². The van der Waals surface area contributed by atoms with Gasteiger partial charge in [-0.15, -0.1) is 0 Å². The Hall–Kier alpha value is -2.36. The number of benzene rings is 1. The first-order chi connectivity index (χ1) is 12.9. The Balaban J connectivity index is 2.97. The Morgan fingerprint density at radius 2 is 1.67 bits per heavy atom. The topological polar surface area (TPSA) is 72.8 Å². The predicted octanol–water partition coefficient (Wildman–Crippen LogP) is 2.20. The van der Waals surface area contributed by atoms with E-state index < -0.39 is 25.9 Å².